The molecule has 3 N–H and O–H groups in total. The Kier molecular flexibility index (Phi) is 2.88. The number of hydrogen-bond donors (Lipinski definition) is 2. The van der Waals surface area contributed by atoms with Crippen molar-refractivity contribution in [2.24, 2.45) is 11.7 Å². The van der Waals surface area contributed by atoms with Gasteiger partial charge in [0, 0.05) is 12.5 Å². The molecule has 2 fully saturated rings. The minimum absolute atomic E-state index is 0.0739. The standard InChI is InChI=1S/C11H19N3O2/c1-2-14-9(15)11(13-10(14)16)6-4-3-5-8(11)7-12/h8H,2-7,12H2,1H3,(H,13,16). The summed E-state index contributed by atoms with van der Waals surface area (Å²) in [6.07, 6.45) is 3.75. The minimum Gasteiger partial charge on any atom is -0.330 e. The van der Waals surface area contributed by atoms with Gasteiger partial charge in [-0.25, -0.2) is 4.79 Å². The maximum Gasteiger partial charge on any atom is 0.325 e. The lowest BCUT2D eigenvalue weighted by molar-refractivity contribution is -0.134. The molecule has 0 aromatic carbocycles. The van der Waals surface area contributed by atoms with E-state index in [4.69, 9.17) is 5.73 Å². The highest BCUT2D eigenvalue weighted by atomic mass is 16.2. The Hall–Kier alpha value is -1.10. The van der Waals surface area contributed by atoms with Crippen LogP contribution in [0.25, 0.3) is 0 Å². The summed E-state index contributed by atoms with van der Waals surface area (Å²) < 4.78 is 0. The number of imide groups is 1. The van der Waals surface area contributed by atoms with Crippen LogP contribution in [0, 0.1) is 5.92 Å². The number of likely N-dealkylation sites (N-methyl/N-ethyl adjacent to an activating group) is 1. The Labute approximate surface area is 95.3 Å². The largest absolute Gasteiger partial charge is 0.330 e. The van der Waals surface area contributed by atoms with Crippen LogP contribution in [0.2, 0.25) is 0 Å². The first-order valence-electron chi connectivity index (χ1n) is 6.00. The summed E-state index contributed by atoms with van der Waals surface area (Å²) in [6.45, 7) is 2.71. The predicted molar refractivity (Wildman–Crippen MR) is 59.7 cm³/mol. The average Bonchev–Trinajstić information content (AvgIpc) is 2.52. The van der Waals surface area contributed by atoms with Gasteiger partial charge in [0.25, 0.3) is 5.91 Å². The van der Waals surface area contributed by atoms with Crippen LogP contribution in [0.3, 0.4) is 0 Å². The van der Waals surface area contributed by atoms with Crippen molar-refractivity contribution < 1.29 is 9.59 Å². The van der Waals surface area contributed by atoms with Crippen molar-refractivity contribution in [3.05, 3.63) is 0 Å². The summed E-state index contributed by atoms with van der Waals surface area (Å²) in [5, 5.41) is 2.88. The van der Waals surface area contributed by atoms with Crippen LogP contribution < -0.4 is 11.1 Å². The van der Waals surface area contributed by atoms with Crippen LogP contribution in [0.1, 0.15) is 32.6 Å². The maximum atomic E-state index is 12.3. The number of urea groups is 1. The van der Waals surface area contributed by atoms with Crippen molar-refractivity contribution in [1.29, 1.82) is 0 Å². The molecule has 2 unspecified atom stereocenters. The molecule has 0 radical (unpaired) electrons. The monoisotopic (exact) mass is 225 g/mol. The summed E-state index contributed by atoms with van der Waals surface area (Å²) in [6, 6.07) is -0.257. The molecular formula is C11H19N3O2. The van der Waals surface area contributed by atoms with E-state index in [-0.39, 0.29) is 17.9 Å². The number of rotatable bonds is 2. The van der Waals surface area contributed by atoms with E-state index in [1.807, 2.05) is 6.92 Å². The van der Waals surface area contributed by atoms with Crippen LogP contribution >= 0.6 is 0 Å². The van der Waals surface area contributed by atoms with Gasteiger partial charge in [0.1, 0.15) is 5.54 Å². The molecule has 16 heavy (non-hydrogen) atoms. The average molecular weight is 225 g/mol. The molecule has 0 aromatic heterocycles. The highest BCUT2D eigenvalue weighted by Crippen LogP contribution is 2.37. The summed E-state index contributed by atoms with van der Waals surface area (Å²) in [5.74, 6) is 0.0180. The van der Waals surface area contributed by atoms with Crippen LogP contribution in [0.4, 0.5) is 4.79 Å². The third kappa shape index (κ3) is 1.42. The molecule has 0 bridgehead atoms. The molecule has 2 atom stereocenters. The third-order valence-corrected chi connectivity index (χ3v) is 3.87. The van der Waals surface area contributed by atoms with Crippen molar-refractivity contribution in [3.63, 3.8) is 0 Å². The van der Waals surface area contributed by atoms with Crippen molar-refractivity contribution in [3.8, 4) is 0 Å². The van der Waals surface area contributed by atoms with E-state index in [1.54, 1.807) is 0 Å². The van der Waals surface area contributed by atoms with E-state index >= 15 is 0 Å². The topological polar surface area (TPSA) is 75.4 Å². The summed E-state index contributed by atoms with van der Waals surface area (Å²) >= 11 is 0. The SMILES string of the molecule is CCN1C(=O)NC2(CCCCC2CN)C1=O. The third-order valence-electron chi connectivity index (χ3n) is 3.87. The highest BCUT2D eigenvalue weighted by Gasteiger charge is 2.55. The van der Waals surface area contributed by atoms with Gasteiger partial charge < -0.3 is 11.1 Å². The van der Waals surface area contributed by atoms with Gasteiger partial charge >= 0.3 is 6.03 Å². The highest BCUT2D eigenvalue weighted by molar-refractivity contribution is 6.07. The molecule has 2 rings (SSSR count). The zero-order chi connectivity index (χ0) is 11.8. The van der Waals surface area contributed by atoms with Gasteiger partial charge in [0.15, 0.2) is 0 Å². The van der Waals surface area contributed by atoms with Crippen molar-refractivity contribution in [2.45, 2.75) is 38.1 Å². The molecule has 3 amide bonds. The lowest BCUT2D eigenvalue weighted by Gasteiger charge is -2.38. The van der Waals surface area contributed by atoms with Crippen molar-refractivity contribution in [2.75, 3.05) is 13.1 Å². The van der Waals surface area contributed by atoms with Crippen LogP contribution in [-0.4, -0.2) is 35.5 Å². The number of carbonyl (C=O) groups is 2. The van der Waals surface area contributed by atoms with Gasteiger partial charge in [-0.1, -0.05) is 12.8 Å². The first-order chi connectivity index (χ1) is 7.65. The Morgan fingerprint density at radius 1 is 1.50 bits per heavy atom. The normalized spacial score (nSPS) is 34.6. The van der Waals surface area contributed by atoms with Gasteiger partial charge in [-0.3, -0.25) is 9.69 Å². The van der Waals surface area contributed by atoms with Gasteiger partial charge in [-0.15, -0.1) is 0 Å². The summed E-state index contributed by atoms with van der Waals surface area (Å²) in [7, 11) is 0. The molecule has 1 aliphatic heterocycles. The zero-order valence-corrected chi connectivity index (χ0v) is 9.66. The van der Waals surface area contributed by atoms with Crippen LogP contribution in [-0.2, 0) is 4.79 Å². The second-order valence-corrected chi connectivity index (χ2v) is 4.63. The lowest BCUT2D eigenvalue weighted by atomic mass is 9.72. The Morgan fingerprint density at radius 3 is 2.81 bits per heavy atom. The molecule has 90 valence electrons. The Morgan fingerprint density at radius 2 is 2.25 bits per heavy atom. The fourth-order valence-corrected chi connectivity index (χ4v) is 2.94. The van der Waals surface area contributed by atoms with Gasteiger partial charge in [0.05, 0.1) is 0 Å². The van der Waals surface area contributed by atoms with E-state index in [9.17, 15) is 9.59 Å². The van der Waals surface area contributed by atoms with E-state index in [0.717, 1.165) is 25.7 Å². The number of amides is 3. The quantitative estimate of drug-likeness (QED) is 0.670. The Balaban J connectivity index is 2.30. The molecule has 1 saturated carbocycles. The van der Waals surface area contributed by atoms with E-state index in [0.29, 0.717) is 13.1 Å². The fraction of sp³-hybridized carbons (Fsp3) is 0.818. The summed E-state index contributed by atoms with van der Waals surface area (Å²) in [5.41, 5.74) is 5.04. The second-order valence-electron chi connectivity index (χ2n) is 4.63. The molecule has 1 saturated heterocycles. The summed E-state index contributed by atoms with van der Waals surface area (Å²) in [4.78, 5) is 25.3. The van der Waals surface area contributed by atoms with E-state index in [1.165, 1.54) is 4.90 Å². The molecular weight excluding hydrogens is 206 g/mol. The molecule has 5 heteroatoms. The fourth-order valence-electron chi connectivity index (χ4n) is 2.94. The van der Waals surface area contributed by atoms with Crippen LogP contribution in [0.5, 0.6) is 0 Å². The number of hydrogen-bond acceptors (Lipinski definition) is 3. The zero-order valence-electron chi connectivity index (χ0n) is 9.66. The van der Waals surface area contributed by atoms with Gasteiger partial charge in [0.2, 0.25) is 0 Å². The smallest absolute Gasteiger partial charge is 0.325 e. The number of carbonyl (C=O) groups excluding carboxylic acids is 2. The van der Waals surface area contributed by atoms with Crippen LogP contribution in [0.15, 0.2) is 0 Å². The minimum atomic E-state index is -0.694. The first kappa shape index (κ1) is 11.4. The molecule has 2 aliphatic rings. The second kappa shape index (κ2) is 4.05. The molecule has 0 aromatic rings. The predicted octanol–water partition coefficient (Wildman–Crippen LogP) is 0.446. The maximum absolute atomic E-state index is 12.3. The number of nitrogens with one attached hydrogen (secondary N) is 1. The first-order valence-corrected chi connectivity index (χ1v) is 6.00. The Bertz CT molecular complexity index is 318. The molecule has 1 spiro atoms. The van der Waals surface area contributed by atoms with Gasteiger partial charge in [-0.2, -0.15) is 0 Å². The molecule has 1 aliphatic carbocycles. The van der Waals surface area contributed by atoms with Gasteiger partial charge in [-0.05, 0) is 26.3 Å². The van der Waals surface area contributed by atoms with Crippen molar-refractivity contribution >= 4 is 11.9 Å². The number of nitrogens with zero attached hydrogens (tertiary/aromatic N) is 1. The van der Waals surface area contributed by atoms with E-state index < -0.39 is 5.54 Å². The molecule has 1 heterocycles. The molecule has 5 nitrogen and oxygen atoms in total. The van der Waals surface area contributed by atoms with Crippen molar-refractivity contribution in [1.82, 2.24) is 10.2 Å². The number of nitrogens with two attached hydrogens (primary N) is 1. The van der Waals surface area contributed by atoms with E-state index in [2.05, 4.69) is 5.32 Å². The lowest BCUT2D eigenvalue weighted by Crippen LogP contribution is -2.56.